The second-order valence-corrected chi connectivity index (χ2v) is 4.90. The van der Waals surface area contributed by atoms with Crippen LogP contribution in [0.1, 0.15) is 49.8 Å². The highest BCUT2D eigenvalue weighted by molar-refractivity contribution is 5.86. The first kappa shape index (κ1) is 13.0. The molecule has 0 saturated carbocycles. The van der Waals surface area contributed by atoms with Crippen molar-refractivity contribution in [1.82, 2.24) is 0 Å². The molecule has 0 fully saturated rings. The molecule has 0 amide bonds. The molecule has 0 aromatic heterocycles. The molecule has 16 heavy (non-hydrogen) atoms. The molecule has 1 heteroatoms. The lowest BCUT2D eigenvalue weighted by Gasteiger charge is -2.21. The van der Waals surface area contributed by atoms with Gasteiger partial charge in [0.15, 0.2) is 0 Å². The van der Waals surface area contributed by atoms with Gasteiger partial charge in [-0.1, -0.05) is 44.5 Å². The third-order valence-electron chi connectivity index (χ3n) is 3.12. The van der Waals surface area contributed by atoms with Crippen molar-refractivity contribution in [1.29, 1.82) is 0 Å². The molecule has 0 spiro atoms. The van der Waals surface area contributed by atoms with Gasteiger partial charge in [0.1, 0.15) is 5.78 Å². The van der Waals surface area contributed by atoms with Gasteiger partial charge in [0.25, 0.3) is 0 Å². The van der Waals surface area contributed by atoms with Gasteiger partial charge in [0, 0.05) is 12.3 Å². The number of rotatable bonds is 4. The summed E-state index contributed by atoms with van der Waals surface area (Å²) >= 11 is 0. The fourth-order valence-electron chi connectivity index (χ4n) is 2.30. The third kappa shape index (κ3) is 2.72. The Morgan fingerprint density at radius 2 is 1.88 bits per heavy atom. The van der Waals surface area contributed by atoms with Crippen LogP contribution in [0.15, 0.2) is 18.2 Å². The van der Waals surface area contributed by atoms with E-state index >= 15 is 0 Å². The molecule has 0 aliphatic rings. The second kappa shape index (κ2) is 5.29. The van der Waals surface area contributed by atoms with Crippen LogP contribution in [0.2, 0.25) is 0 Å². The van der Waals surface area contributed by atoms with E-state index in [4.69, 9.17) is 0 Å². The first-order valence-electron chi connectivity index (χ1n) is 6.07. The fraction of sp³-hybridized carbons (Fsp3) is 0.533. The Hall–Kier alpha value is -1.11. The van der Waals surface area contributed by atoms with Crippen molar-refractivity contribution in [3.05, 3.63) is 34.9 Å². The number of hydrogen-bond donors (Lipinski definition) is 0. The smallest absolute Gasteiger partial charge is 0.140 e. The van der Waals surface area contributed by atoms with Gasteiger partial charge in [0.05, 0.1) is 0 Å². The van der Waals surface area contributed by atoms with Crippen LogP contribution in [0.25, 0.3) is 0 Å². The lowest BCUT2D eigenvalue weighted by atomic mass is 9.81. The van der Waals surface area contributed by atoms with Gasteiger partial charge < -0.3 is 0 Å². The Kier molecular flexibility index (Phi) is 4.28. The van der Waals surface area contributed by atoms with E-state index in [1.165, 1.54) is 16.7 Å². The minimum absolute atomic E-state index is 0.0607. The van der Waals surface area contributed by atoms with Crippen LogP contribution in [0.5, 0.6) is 0 Å². The summed E-state index contributed by atoms with van der Waals surface area (Å²) in [6.45, 7) is 10.4. The topological polar surface area (TPSA) is 17.1 Å². The molecule has 1 rings (SSSR count). The number of benzene rings is 1. The third-order valence-corrected chi connectivity index (χ3v) is 3.12. The van der Waals surface area contributed by atoms with Gasteiger partial charge in [-0.15, -0.1) is 0 Å². The van der Waals surface area contributed by atoms with Gasteiger partial charge in [-0.3, -0.25) is 4.79 Å². The normalized spacial score (nSPS) is 12.9. The SMILES string of the molecule is CCC(=O)C(c1ccc(C)cc1C)C(C)C. The fourth-order valence-corrected chi connectivity index (χ4v) is 2.30. The summed E-state index contributed by atoms with van der Waals surface area (Å²) in [7, 11) is 0. The summed E-state index contributed by atoms with van der Waals surface area (Å²) in [6, 6.07) is 6.37. The summed E-state index contributed by atoms with van der Waals surface area (Å²) in [6.07, 6.45) is 0.621. The van der Waals surface area contributed by atoms with E-state index in [-0.39, 0.29) is 5.92 Å². The van der Waals surface area contributed by atoms with Crippen LogP contribution < -0.4 is 0 Å². The number of hydrogen-bond acceptors (Lipinski definition) is 1. The minimum Gasteiger partial charge on any atom is -0.299 e. The Morgan fingerprint density at radius 3 is 2.31 bits per heavy atom. The molecule has 1 aromatic carbocycles. The van der Waals surface area contributed by atoms with Crippen molar-refractivity contribution in [2.75, 3.05) is 0 Å². The molecule has 0 N–H and O–H groups in total. The predicted molar refractivity (Wildman–Crippen MR) is 68.8 cm³/mol. The maximum Gasteiger partial charge on any atom is 0.140 e. The van der Waals surface area contributed by atoms with Gasteiger partial charge in [-0.05, 0) is 30.9 Å². The largest absolute Gasteiger partial charge is 0.299 e. The summed E-state index contributed by atoms with van der Waals surface area (Å²) in [4.78, 5) is 12.0. The lowest BCUT2D eigenvalue weighted by molar-refractivity contribution is -0.121. The second-order valence-electron chi connectivity index (χ2n) is 4.90. The van der Waals surface area contributed by atoms with E-state index in [2.05, 4.69) is 45.9 Å². The van der Waals surface area contributed by atoms with Gasteiger partial charge in [-0.2, -0.15) is 0 Å². The Labute approximate surface area is 98.9 Å². The molecule has 0 heterocycles. The van der Waals surface area contributed by atoms with Crippen molar-refractivity contribution >= 4 is 5.78 Å². The molecule has 0 bridgehead atoms. The lowest BCUT2D eigenvalue weighted by Crippen LogP contribution is -2.18. The number of carbonyl (C=O) groups is 1. The van der Waals surface area contributed by atoms with Crippen molar-refractivity contribution in [3.63, 3.8) is 0 Å². The van der Waals surface area contributed by atoms with E-state index in [0.29, 0.717) is 18.1 Å². The zero-order valence-corrected chi connectivity index (χ0v) is 11.0. The predicted octanol–water partition coefficient (Wildman–Crippen LogP) is 4.02. The molecule has 0 aliphatic carbocycles. The van der Waals surface area contributed by atoms with Crippen molar-refractivity contribution in [3.8, 4) is 0 Å². The molecule has 1 aromatic rings. The van der Waals surface area contributed by atoms with E-state index in [1.54, 1.807) is 0 Å². The molecule has 1 atom stereocenters. The van der Waals surface area contributed by atoms with Crippen molar-refractivity contribution in [2.24, 2.45) is 5.92 Å². The van der Waals surface area contributed by atoms with Crippen LogP contribution in [-0.2, 0) is 4.79 Å². The molecule has 0 aliphatic heterocycles. The summed E-state index contributed by atoms with van der Waals surface area (Å²) in [5.41, 5.74) is 3.70. The van der Waals surface area contributed by atoms with E-state index < -0.39 is 0 Å². The molecule has 88 valence electrons. The number of ketones is 1. The Bertz CT molecular complexity index is 377. The van der Waals surface area contributed by atoms with Crippen LogP contribution in [-0.4, -0.2) is 5.78 Å². The number of aryl methyl sites for hydroxylation is 2. The molecule has 1 nitrogen and oxygen atoms in total. The highest BCUT2D eigenvalue weighted by Gasteiger charge is 2.23. The minimum atomic E-state index is 0.0607. The maximum absolute atomic E-state index is 12.0. The van der Waals surface area contributed by atoms with Gasteiger partial charge >= 0.3 is 0 Å². The molecular formula is C15H22O. The standard InChI is InChI=1S/C15H22O/c1-6-14(16)15(10(2)3)13-8-7-11(4)9-12(13)5/h7-10,15H,6H2,1-5H3. The quantitative estimate of drug-likeness (QED) is 0.746. The first-order valence-corrected chi connectivity index (χ1v) is 6.07. The average Bonchev–Trinajstić information content (AvgIpc) is 2.21. The van der Waals surface area contributed by atoms with Crippen LogP contribution in [0.3, 0.4) is 0 Å². The molecule has 0 radical (unpaired) electrons. The van der Waals surface area contributed by atoms with Crippen LogP contribution >= 0.6 is 0 Å². The molecule has 1 unspecified atom stereocenters. The maximum atomic E-state index is 12.0. The molecule has 0 saturated heterocycles. The van der Waals surface area contributed by atoms with Gasteiger partial charge in [-0.25, -0.2) is 0 Å². The van der Waals surface area contributed by atoms with Crippen LogP contribution in [0.4, 0.5) is 0 Å². The van der Waals surface area contributed by atoms with E-state index in [9.17, 15) is 4.79 Å². The monoisotopic (exact) mass is 218 g/mol. The number of Topliss-reactive ketones (excluding diaryl/α,β-unsaturated/α-hetero) is 1. The summed E-state index contributed by atoms with van der Waals surface area (Å²) < 4.78 is 0. The number of carbonyl (C=O) groups excluding carboxylic acids is 1. The highest BCUT2D eigenvalue weighted by Crippen LogP contribution is 2.29. The summed E-state index contributed by atoms with van der Waals surface area (Å²) in [5, 5.41) is 0. The Morgan fingerprint density at radius 1 is 1.25 bits per heavy atom. The molecular weight excluding hydrogens is 196 g/mol. The van der Waals surface area contributed by atoms with E-state index in [0.717, 1.165) is 0 Å². The van der Waals surface area contributed by atoms with Crippen LogP contribution in [0, 0.1) is 19.8 Å². The zero-order chi connectivity index (χ0) is 12.3. The van der Waals surface area contributed by atoms with Crippen molar-refractivity contribution < 1.29 is 4.79 Å². The van der Waals surface area contributed by atoms with E-state index in [1.807, 2.05) is 6.92 Å². The van der Waals surface area contributed by atoms with Crippen molar-refractivity contribution in [2.45, 2.75) is 47.0 Å². The zero-order valence-electron chi connectivity index (χ0n) is 11.0. The summed E-state index contributed by atoms with van der Waals surface area (Å²) in [5.74, 6) is 0.779. The first-order chi connectivity index (χ1) is 7.47. The highest BCUT2D eigenvalue weighted by atomic mass is 16.1. The van der Waals surface area contributed by atoms with Gasteiger partial charge in [0.2, 0.25) is 0 Å². The Balaban J connectivity index is 3.16. The average molecular weight is 218 g/mol.